The van der Waals surface area contributed by atoms with Crippen LogP contribution in [0.2, 0.25) is 0 Å². The Hall–Kier alpha value is -0.740. The lowest BCUT2D eigenvalue weighted by atomic mass is 10.3. The monoisotopic (exact) mass is 185 g/mol. The summed E-state index contributed by atoms with van der Waals surface area (Å²) in [5, 5.41) is 0.554. The second-order valence-corrected chi connectivity index (χ2v) is 3.54. The molecule has 66 valence electrons. The largest absolute Gasteiger partial charge is 0.384 e. The van der Waals surface area contributed by atoms with Gasteiger partial charge in [-0.2, -0.15) is 0 Å². The second-order valence-electron chi connectivity index (χ2n) is 2.42. The first-order valence-electron chi connectivity index (χ1n) is 3.68. The first-order chi connectivity index (χ1) is 5.77. The number of thiazole rings is 1. The van der Waals surface area contributed by atoms with Gasteiger partial charge in [0.1, 0.15) is 0 Å². The minimum atomic E-state index is 0.554. The molecule has 0 radical (unpaired) electrons. The molecule has 1 aromatic rings. The summed E-state index contributed by atoms with van der Waals surface area (Å²) in [4.78, 5) is 15.6. The van der Waals surface area contributed by atoms with Crippen molar-refractivity contribution in [1.29, 1.82) is 0 Å². The number of ether oxygens (including phenoxy) is 1. The van der Waals surface area contributed by atoms with Crippen LogP contribution in [0.15, 0.2) is 0 Å². The number of aldehydes is 1. The van der Waals surface area contributed by atoms with Crippen molar-refractivity contribution in [3.05, 3.63) is 15.6 Å². The molecule has 1 heterocycles. The standard InChI is InChI=1S/C8H11NO2S/c1-6-7(3-4-11-2)12-8(5-10)9-6/h5H,3-4H2,1-2H3. The van der Waals surface area contributed by atoms with E-state index < -0.39 is 0 Å². The summed E-state index contributed by atoms with van der Waals surface area (Å²) in [7, 11) is 1.66. The molecule has 0 bridgehead atoms. The lowest BCUT2D eigenvalue weighted by molar-refractivity contribution is 0.112. The van der Waals surface area contributed by atoms with Crippen LogP contribution in [-0.2, 0) is 11.2 Å². The van der Waals surface area contributed by atoms with Gasteiger partial charge >= 0.3 is 0 Å². The molecular formula is C8H11NO2S. The van der Waals surface area contributed by atoms with E-state index in [0.717, 1.165) is 23.3 Å². The van der Waals surface area contributed by atoms with Crippen LogP contribution >= 0.6 is 11.3 Å². The van der Waals surface area contributed by atoms with Crippen LogP contribution in [0, 0.1) is 6.92 Å². The zero-order valence-corrected chi connectivity index (χ0v) is 7.98. The predicted molar refractivity (Wildman–Crippen MR) is 47.8 cm³/mol. The van der Waals surface area contributed by atoms with Crippen molar-refractivity contribution in [3.63, 3.8) is 0 Å². The van der Waals surface area contributed by atoms with Gasteiger partial charge in [0.2, 0.25) is 0 Å². The van der Waals surface area contributed by atoms with Crippen molar-refractivity contribution >= 4 is 17.6 Å². The lowest BCUT2D eigenvalue weighted by Crippen LogP contribution is -1.93. The summed E-state index contributed by atoms with van der Waals surface area (Å²) in [6.45, 7) is 2.59. The molecule has 0 unspecified atom stereocenters. The van der Waals surface area contributed by atoms with E-state index in [1.807, 2.05) is 6.92 Å². The van der Waals surface area contributed by atoms with Crippen molar-refractivity contribution in [2.45, 2.75) is 13.3 Å². The molecule has 0 N–H and O–H groups in total. The first-order valence-corrected chi connectivity index (χ1v) is 4.50. The third-order valence-electron chi connectivity index (χ3n) is 1.54. The van der Waals surface area contributed by atoms with Crippen LogP contribution in [-0.4, -0.2) is 25.0 Å². The van der Waals surface area contributed by atoms with Crippen LogP contribution in [0.25, 0.3) is 0 Å². The Morgan fingerprint density at radius 1 is 1.67 bits per heavy atom. The molecule has 0 aromatic carbocycles. The summed E-state index contributed by atoms with van der Waals surface area (Å²) in [6.07, 6.45) is 1.63. The van der Waals surface area contributed by atoms with E-state index in [1.54, 1.807) is 7.11 Å². The van der Waals surface area contributed by atoms with Gasteiger partial charge in [0.05, 0.1) is 12.3 Å². The fourth-order valence-electron chi connectivity index (χ4n) is 0.928. The molecule has 0 atom stereocenters. The van der Waals surface area contributed by atoms with Gasteiger partial charge in [-0.1, -0.05) is 0 Å². The highest BCUT2D eigenvalue weighted by atomic mass is 32.1. The highest BCUT2D eigenvalue weighted by Crippen LogP contribution is 2.16. The maximum atomic E-state index is 10.4. The van der Waals surface area contributed by atoms with Crippen LogP contribution < -0.4 is 0 Å². The molecule has 0 fully saturated rings. The summed E-state index contributed by atoms with van der Waals surface area (Å²) in [5.41, 5.74) is 0.944. The van der Waals surface area contributed by atoms with Crippen molar-refractivity contribution in [2.75, 3.05) is 13.7 Å². The quantitative estimate of drug-likeness (QED) is 0.666. The molecule has 0 spiro atoms. The zero-order chi connectivity index (χ0) is 8.97. The fraction of sp³-hybridized carbons (Fsp3) is 0.500. The maximum absolute atomic E-state index is 10.4. The average molecular weight is 185 g/mol. The van der Waals surface area contributed by atoms with Gasteiger partial charge in [0, 0.05) is 18.4 Å². The van der Waals surface area contributed by atoms with E-state index in [0.29, 0.717) is 11.6 Å². The highest BCUT2D eigenvalue weighted by Gasteiger charge is 2.05. The second kappa shape index (κ2) is 4.33. The van der Waals surface area contributed by atoms with Crippen molar-refractivity contribution in [3.8, 4) is 0 Å². The van der Waals surface area contributed by atoms with E-state index in [9.17, 15) is 4.79 Å². The normalized spacial score (nSPS) is 10.2. The van der Waals surface area contributed by atoms with Gasteiger partial charge in [-0.25, -0.2) is 4.98 Å². The molecule has 1 rings (SSSR count). The minimum Gasteiger partial charge on any atom is -0.384 e. The van der Waals surface area contributed by atoms with Gasteiger partial charge in [0.15, 0.2) is 11.3 Å². The maximum Gasteiger partial charge on any atom is 0.178 e. The van der Waals surface area contributed by atoms with Gasteiger partial charge in [-0.05, 0) is 6.92 Å². The molecule has 0 aliphatic rings. The summed E-state index contributed by atoms with van der Waals surface area (Å²) in [5.74, 6) is 0. The van der Waals surface area contributed by atoms with Crippen molar-refractivity contribution in [2.24, 2.45) is 0 Å². The fourth-order valence-corrected chi connectivity index (χ4v) is 1.79. The molecule has 1 aromatic heterocycles. The Bertz CT molecular complexity index is 270. The Kier molecular flexibility index (Phi) is 3.37. The molecule has 0 saturated carbocycles. The van der Waals surface area contributed by atoms with E-state index >= 15 is 0 Å². The van der Waals surface area contributed by atoms with Crippen LogP contribution in [0.1, 0.15) is 20.4 Å². The number of hydrogen-bond acceptors (Lipinski definition) is 4. The molecular weight excluding hydrogens is 174 g/mol. The van der Waals surface area contributed by atoms with Crippen molar-refractivity contribution < 1.29 is 9.53 Å². The summed E-state index contributed by atoms with van der Waals surface area (Å²) >= 11 is 1.44. The molecule has 0 aliphatic carbocycles. The number of nitrogens with zero attached hydrogens (tertiary/aromatic N) is 1. The molecule has 3 nitrogen and oxygen atoms in total. The van der Waals surface area contributed by atoms with Crippen LogP contribution in [0.5, 0.6) is 0 Å². The smallest absolute Gasteiger partial charge is 0.178 e. The SMILES string of the molecule is COCCc1sc(C=O)nc1C. The number of aromatic nitrogens is 1. The average Bonchev–Trinajstić information content (AvgIpc) is 2.43. The molecule has 4 heteroatoms. The number of carbonyl (C=O) groups excluding carboxylic acids is 1. The Morgan fingerprint density at radius 3 is 2.92 bits per heavy atom. The van der Waals surface area contributed by atoms with Crippen LogP contribution in [0.4, 0.5) is 0 Å². The predicted octanol–water partition coefficient (Wildman–Crippen LogP) is 1.45. The highest BCUT2D eigenvalue weighted by molar-refractivity contribution is 7.13. The number of hydrogen-bond donors (Lipinski definition) is 0. The third-order valence-corrected chi connectivity index (χ3v) is 2.69. The number of methoxy groups -OCH3 is 1. The van der Waals surface area contributed by atoms with E-state index in [4.69, 9.17) is 4.74 Å². The molecule has 0 aliphatic heterocycles. The van der Waals surface area contributed by atoms with E-state index in [-0.39, 0.29) is 0 Å². The molecule has 12 heavy (non-hydrogen) atoms. The summed E-state index contributed by atoms with van der Waals surface area (Å²) in [6, 6.07) is 0. The lowest BCUT2D eigenvalue weighted by Gasteiger charge is -1.95. The van der Waals surface area contributed by atoms with Gasteiger partial charge in [-0.3, -0.25) is 4.79 Å². The van der Waals surface area contributed by atoms with Crippen molar-refractivity contribution in [1.82, 2.24) is 4.98 Å². The first kappa shape index (κ1) is 9.35. The number of rotatable bonds is 4. The van der Waals surface area contributed by atoms with Gasteiger partial charge in [0.25, 0.3) is 0 Å². The van der Waals surface area contributed by atoms with E-state index in [1.165, 1.54) is 11.3 Å². The number of carbonyl (C=O) groups is 1. The van der Waals surface area contributed by atoms with E-state index in [2.05, 4.69) is 4.98 Å². The number of aryl methyl sites for hydroxylation is 1. The van der Waals surface area contributed by atoms with Gasteiger partial charge in [-0.15, -0.1) is 11.3 Å². The zero-order valence-electron chi connectivity index (χ0n) is 7.16. The minimum absolute atomic E-state index is 0.554. The van der Waals surface area contributed by atoms with Gasteiger partial charge < -0.3 is 4.74 Å². The Morgan fingerprint density at radius 2 is 2.42 bits per heavy atom. The molecule has 0 saturated heterocycles. The topological polar surface area (TPSA) is 39.2 Å². The summed E-state index contributed by atoms with van der Waals surface area (Å²) < 4.78 is 4.93. The molecule has 0 amide bonds. The third kappa shape index (κ3) is 2.12. The Labute approximate surface area is 75.4 Å². The van der Waals surface area contributed by atoms with Crippen LogP contribution in [0.3, 0.4) is 0 Å². The Balaban J connectivity index is 2.70.